The third-order valence-electron chi connectivity index (χ3n) is 2.36. The van der Waals surface area contributed by atoms with Crippen molar-refractivity contribution in [1.29, 1.82) is 0 Å². The van der Waals surface area contributed by atoms with Crippen molar-refractivity contribution in [2.45, 2.75) is 31.9 Å². The predicted octanol–water partition coefficient (Wildman–Crippen LogP) is 0.169. The van der Waals surface area contributed by atoms with Crippen LogP contribution in [-0.2, 0) is 14.3 Å². The maximum absolute atomic E-state index is 10.9. The maximum atomic E-state index is 10.9. The summed E-state index contributed by atoms with van der Waals surface area (Å²) < 4.78 is 4.72. The standard InChI is InChI=1S/C8H13NO3/c1-6(11)9(2)7-3-8(4-7)12-5-10/h5,7-8H,3-4H2,1-2H3. The largest absolute Gasteiger partial charge is 0.464 e. The Bertz CT molecular complexity index is 187. The molecule has 0 bridgehead atoms. The van der Waals surface area contributed by atoms with E-state index in [1.807, 2.05) is 0 Å². The summed E-state index contributed by atoms with van der Waals surface area (Å²) in [4.78, 5) is 22.5. The Kier molecular flexibility index (Phi) is 2.68. The molecule has 1 amide bonds. The lowest BCUT2D eigenvalue weighted by atomic mass is 9.88. The minimum atomic E-state index is 0.0225. The number of hydrogen-bond acceptors (Lipinski definition) is 3. The number of carbonyl (C=O) groups is 2. The Morgan fingerprint density at radius 1 is 1.58 bits per heavy atom. The van der Waals surface area contributed by atoms with Gasteiger partial charge in [0, 0.05) is 32.9 Å². The third kappa shape index (κ3) is 1.75. The molecule has 0 N–H and O–H groups in total. The van der Waals surface area contributed by atoms with Crippen LogP contribution in [0.1, 0.15) is 19.8 Å². The van der Waals surface area contributed by atoms with Gasteiger partial charge in [-0.15, -0.1) is 0 Å². The fourth-order valence-corrected chi connectivity index (χ4v) is 1.30. The summed E-state index contributed by atoms with van der Waals surface area (Å²) in [5, 5.41) is 0. The second kappa shape index (κ2) is 3.56. The van der Waals surface area contributed by atoms with Crippen molar-refractivity contribution in [2.75, 3.05) is 7.05 Å². The van der Waals surface area contributed by atoms with Gasteiger partial charge in [-0.2, -0.15) is 0 Å². The minimum absolute atomic E-state index is 0.0225. The van der Waals surface area contributed by atoms with Crippen LogP contribution >= 0.6 is 0 Å². The molecule has 4 heteroatoms. The number of rotatable bonds is 3. The summed E-state index contributed by atoms with van der Waals surface area (Å²) in [5.41, 5.74) is 0. The zero-order valence-corrected chi connectivity index (χ0v) is 7.32. The Morgan fingerprint density at radius 2 is 2.17 bits per heavy atom. The first-order chi connectivity index (χ1) is 5.65. The van der Waals surface area contributed by atoms with E-state index in [0.717, 1.165) is 12.8 Å². The quantitative estimate of drug-likeness (QED) is 0.568. The van der Waals surface area contributed by atoms with Crippen molar-refractivity contribution >= 4 is 12.4 Å². The molecule has 0 aromatic heterocycles. The van der Waals surface area contributed by atoms with Crippen molar-refractivity contribution in [3.05, 3.63) is 0 Å². The molecule has 0 heterocycles. The number of amides is 1. The highest BCUT2D eigenvalue weighted by Gasteiger charge is 2.34. The van der Waals surface area contributed by atoms with Crippen LogP contribution in [0.3, 0.4) is 0 Å². The summed E-state index contributed by atoms with van der Waals surface area (Å²) in [6.07, 6.45) is 1.57. The zero-order chi connectivity index (χ0) is 9.14. The highest BCUT2D eigenvalue weighted by Crippen LogP contribution is 2.26. The molecular weight excluding hydrogens is 158 g/mol. The van der Waals surface area contributed by atoms with Gasteiger partial charge in [0.2, 0.25) is 5.91 Å². The minimum Gasteiger partial charge on any atom is -0.464 e. The molecule has 1 aliphatic rings. The average molecular weight is 171 g/mol. The van der Waals surface area contributed by atoms with E-state index in [9.17, 15) is 9.59 Å². The molecule has 0 radical (unpaired) electrons. The van der Waals surface area contributed by atoms with Gasteiger partial charge >= 0.3 is 0 Å². The third-order valence-corrected chi connectivity index (χ3v) is 2.36. The molecule has 0 aliphatic heterocycles. The van der Waals surface area contributed by atoms with E-state index < -0.39 is 0 Å². The van der Waals surface area contributed by atoms with Crippen LogP contribution in [0.2, 0.25) is 0 Å². The summed E-state index contributed by atoms with van der Waals surface area (Å²) in [6.45, 7) is 2.00. The van der Waals surface area contributed by atoms with Crippen LogP contribution < -0.4 is 0 Å². The first kappa shape index (κ1) is 9.03. The highest BCUT2D eigenvalue weighted by atomic mass is 16.5. The van der Waals surface area contributed by atoms with Gasteiger partial charge in [-0.3, -0.25) is 9.59 Å². The lowest BCUT2D eigenvalue weighted by molar-refractivity contribution is -0.144. The monoisotopic (exact) mass is 171 g/mol. The second-order valence-corrected chi connectivity index (χ2v) is 3.11. The fourth-order valence-electron chi connectivity index (χ4n) is 1.30. The van der Waals surface area contributed by atoms with Gasteiger partial charge in [0.15, 0.2) is 0 Å². The van der Waals surface area contributed by atoms with Crippen LogP contribution in [0.25, 0.3) is 0 Å². The number of hydrogen-bond donors (Lipinski definition) is 0. The van der Waals surface area contributed by atoms with Crippen molar-refractivity contribution in [3.8, 4) is 0 Å². The molecule has 1 aliphatic carbocycles. The van der Waals surface area contributed by atoms with Crippen LogP contribution in [0.4, 0.5) is 0 Å². The molecule has 0 saturated heterocycles. The van der Waals surface area contributed by atoms with Gasteiger partial charge in [0.1, 0.15) is 6.10 Å². The SMILES string of the molecule is CC(=O)N(C)C1CC(OC=O)C1. The van der Waals surface area contributed by atoms with E-state index in [0.29, 0.717) is 6.47 Å². The molecule has 0 atom stereocenters. The lowest BCUT2D eigenvalue weighted by Gasteiger charge is -2.39. The van der Waals surface area contributed by atoms with E-state index in [4.69, 9.17) is 4.74 Å². The zero-order valence-electron chi connectivity index (χ0n) is 7.32. The van der Waals surface area contributed by atoms with Crippen molar-refractivity contribution in [2.24, 2.45) is 0 Å². The van der Waals surface area contributed by atoms with E-state index in [-0.39, 0.29) is 18.1 Å². The van der Waals surface area contributed by atoms with E-state index in [1.54, 1.807) is 11.9 Å². The smallest absolute Gasteiger partial charge is 0.293 e. The van der Waals surface area contributed by atoms with Gasteiger partial charge < -0.3 is 9.64 Å². The Balaban J connectivity index is 2.24. The van der Waals surface area contributed by atoms with E-state index in [1.165, 1.54) is 6.92 Å². The van der Waals surface area contributed by atoms with Gasteiger partial charge in [-0.25, -0.2) is 0 Å². The average Bonchev–Trinajstić information content (AvgIpc) is 1.94. The van der Waals surface area contributed by atoms with Crippen LogP contribution in [0.15, 0.2) is 0 Å². The molecule has 12 heavy (non-hydrogen) atoms. The van der Waals surface area contributed by atoms with E-state index >= 15 is 0 Å². The van der Waals surface area contributed by atoms with Gasteiger partial charge in [-0.05, 0) is 0 Å². The normalized spacial score (nSPS) is 27.2. The predicted molar refractivity (Wildman–Crippen MR) is 42.4 cm³/mol. The van der Waals surface area contributed by atoms with Crippen molar-refractivity contribution < 1.29 is 14.3 Å². The summed E-state index contributed by atoms with van der Waals surface area (Å²) in [6, 6.07) is 0.257. The molecule has 1 saturated carbocycles. The van der Waals surface area contributed by atoms with E-state index in [2.05, 4.69) is 0 Å². The second-order valence-electron chi connectivity index (χ2n) is 3.11. The van der Waals surface area contributed by atoms with Gasteiger partial charge in [0.05, 0.1) is 0 Å². The molecule has 1 rings (SSSR count). The molecular formula is C8H13NO3. The number of nitrogens with zero attached hydrogens (tertiary/aromatic N) is 1. The Morgan fingerprint density at radius 3 is 2.58 bits per heavy atom. The molecule has 68 valence electrons. The van der Waals surface area contributed by atoms with Crippen molar-refractivity contribution in [3.63, 3.8) is 0 Å². The van der Waals surface area contributed by atoms with Gasteiger partial charge in [-0.1, -0.05) is 0 Å². The van der Waals surface area contributed by atoms with Gasteiger partial charge in [0.25, 0.3) is 6.47 Å². The number of carbonyl (C=O) groups excluding carboxylic acids is 2. The lowest BCUT2D eigenvalue weighted by Crippen LogP contribution is -2.47. The molecule has 0 spiro atoms. The van der Waals surface area contributed by atoms with Crippen molar-refractivity contribution in [1.82, 2.24) is 4.90 Å². The fraction of sp³-hybridized carbons (Fsp3) is 0.750. The van der Waals surface area contributed by atoms with Crippen LogP contribution in [-0.4, -0.2) is 36.5 Å². The molecule has 1 fully saturated rings. The summed E-state index contributed by atoms with van der Waals surface area (Å²) in [5.74, 6) is 0.0598. The molecule has 0 aromatic rings. The summed E-state index contributed by atoms with van der Waals surface area (Å²) in [7, 11) is 1.77. The summed E-state index contributed by atoms with van der Waals surface area (Å²) >= 11 is 0. The maximum Gasteiger partial charge on any atom is 0.293 e. The molecule has 4 nitrogen and oxygen atoms in total. The molecule has 0 unspecified atom stereocenters. The Labute approximate surface area is 71.5 Å². The van der Waals surface area contributed by atoms with Crippen LogP contribution in [0.5, 0.6) is 0 Å². The van der Waals surface area contributed by atoms with Crippen LogP contribution in [0, 0.1) is 0 Å². The highest BCUT2D eigenvalue weighted by molar-refractivity contribution is 5.73. The topological polar surface area (TPSA) is 46.6 Å². The first-order valence-corrected chi connectivity index (χ1v) is 3.97. The molecule has 0 aromatic carbocycles. The first-order valence-electron chi connectivity index (χ1n) is 3.97. The number of ether oxygens (including phenoxy) is 1. The Hall–Kier alpha value is -1.06.